The second-order valence-corrected chi connectivity index (χ2v) is 4.58. The van der Waals surface area contributed by atoms with Gasteiger partial charge in [0, 0.05) is 21.7 Å². The van der Waals surface area contributed by atoms with Crippen LogP contribution in [0.3, 0.4) is 0 Å². The van der Waals surface area contributed by atoms with E-state index in [4.69, 9.17) is 0 Å². The van der Waals surface area contributed by atoms with Gasteiger partial charge < -0.3 is 0 Å². The SMILES string of the molecule is Cc1cc2c([cH-]1)C=CC=CC2c1ccccc1.[Ti]. The van der Waals surface area contributed by atoms with Gasteiger partial charge >= 0.3 is 0 Å². The Bertz CT molecular complexity index is 573. The molecule has 0 spiro atoms. The van der Waals surface area contributed by atoms with Gasteiger partial charge in [-0.25, -0.2) is 0 Å². The Morgan fingerprint density at radius 1 is 1.06 bits per heavy atom. The number of fused-ring (bicyclic) bond motifs is 1. The minimum absolute atomic E-state index is 0. The van der Waals surface area contributed by atoms with Gasteiger partial charge in [0.1, 0.15) is 0 Å². The monoisotopic (exact) mass is 267 g/mol. The zero-order valence-electron chi connectivity index (χ0n) is 10.4. The summed E-state index contributed by atoms with van der Waals surface area (Å²) in [4.78, 5) is 0. The average Bonchev–Trinajstić information content (AvgIpc) is 2.61. The fraction of sp³-hybridized carbons (Fsp3) is 0.118. The summed E-state index contributed by atoms with van der Waals surface area (Å²) in [5.74, 6) is 0.384. The van der Waals surface area contributed by atoms with Gasteiger partial charge in [-0.15, -0.1) is 23.8 Å². The molecule has 1 unspecified atom stereocenters. The van der Waals surface area contributed by atoms with Crippen LogP contribution in [0.4, 0.5) is 0 Å². The van der Waals surface area contributed by atoms with Crippen molar-refractivity contribution in [3.8, 4) is 0 Å². The van der Waals surface area contributed by atoms with E-state index in [0.29, 0.717) is 5.92 Å². The second-order valence-electron chi connectivity index (χ2n) is 4.58. The van der Waals surface area contributed by atoms with Crippen LogP contribution in [-0.2, 0) is 21.7 Å². The minimum atomic E-state index is 0. The number of allylic oxidation sites excluding steroid dienone is 3. The van der Waals surface area contributed by atoms with E-state index in [9.17, 15) is 0 Å². The third-order valence-electron chi connectivity index (χ3n) is 3.28. The van der Waals surface area contributed by atoms with Gasteiger partial charge in [-0.05, 0) is 11.5 Å². The van der Waals surface area contributed by atoms with Crippen molar-refractivity contribution >= 4 is 6.08 Å². The first-order valence-corrected chi connectivity index (χ1v) is 6.01. The van der Waals surface area contributed by atoms with E-state index in [1.165, 1.54) is 22.3 Å². The van der Waals surface area contributed by atoms with E-state index in [-0.39, 0.29) is 21.7 Å². The van der Waals surface area contributed by atoms with Crippen molar-refractivity contribution in [3.05, 3.63) is 82.9 Å². The minimum Gasteiger partial charge on any atom is -0.168 e. The molecule has 1 aliphatic carbocycles. The van der Waals surface area contributed by atoms with Crippen LogP contribution in [0.15, 0.2) is 60.7 Å². The maximum Gasteiger partial charge on any atom is 0 e. The fourth-order valence-electron chi connectivity index (χ4n) is 2.50. The molecule has 0 amide bonds. The molecule has 2 aromatic carbocycles. The van der Waals surface area contributed by atoms with Crippen molar-refractivity contribution in [2.24, 2.45) is 0 Å². The second kappa shape index (κ2) is 5.60. The third kappa shape index (κ3) is 2.45. The molecule has 0 aromatic heterocycles. The van der Waals surface area contributed by atoms with Crippen LogP contribution in [-0.4, -0.2) is 0 Å². The Balaban J connectivity index is 0.00000120. The molecular formula is C17H15Ti-. The van der Waals surface area contributed by atoms with Crippen LogP contribution in [0.25, 0.3) is 6.08 Å². The van der Waals surface area contributed by atoms with Crippen LogP contribution in [0.1, 0.15) is 28.2 Å². The van der Waals surface area contributed by atoms with E-state index < -0.39 is 0 Å². The summed E-state index contributed by atoms with van der Waals surface area (Å²) >= 11 is 0. The van der Waals surface area contributed by atoms with Crippen LogP contribution in [0.5, 0.6) is 0 Å². The first-order valence-electron chi connectivity index (χ1n) is 6.01. The Morgan fingerprint density at radius 2 is 1.83 bits per heavy atom. The van der Waals surface area contributed by atoms with E-state index >= 15 is 0 Å². The first-order chi connectivity index (χ1) is 8.34. The van der Waals surface area contributed by atoms with Crippen molar-refractivity contribution < 1.29 is 21.7 Å². The van der Waals surface area contributed by atoms with Gasteiger partial charge in [0.05, 0.1) is 0 Å². The van der Waals surface area contributed by atoms with Crippen molar-refractivity contribution in [1.82, 2.24) is 0 Å². The predicted molar refractivity (Wildman–Crippen MR) is 73.2 cm³/mol. The van der Waals surface area contributed by atoms with Crippen LogP contribution < -0.4 is 0 Å². The molecule has 0 N–H and O–H groups in total. The molecule has 1 heteroatoms. The zero-order valence-corrected chi connectivity index (χ0v) is 12.0. The number of hydrogen-bond acceptors (Lipinski definition) is 0. The molecule has 0 fully saturated rings. The van der Waals surface area contributed by atoms with Gasteiger partial charge in [-0.3, -0.25) is 0 Å². The molecule has 0 bridgehead atoms. The molecule has 0 nitrogen and oxygen atoms in total. The molecule has 3 rings (SSSR count). The summed E-state index contributed by atoms with van der Waals surface area (Å²) in [6, 6.07) is 15.2. The van der Waals surface area contributed by atoms with Gasteiger partial charge in [0.15, 0.2) is 0 Å². The van der Waals surface area contributed by atoms with E-state index in [1.54, 1.807) is 0 Å². The molecule has 0 radical (unpaired) electrons. The number of rotatable bonds is 1. The van der Waals surface area contributed by atoms with Crippen molar-refractivity contribution in [3.63, 3.8) is 0 Å². The molecule has 2 aromatic rings. The van der Waals surface area contributed by atoms with Crippen molar-refractivity contribution in [2.45, 2.75) is 12.8 Å². The van der Waals surface area contributed by atoms with Gasteiger partial charge in [0.2, 0.25) is 0 Å². The van der Waals surface area contributed by atoms with Crippen LogP contribution >= 0.6 is 0 Å². The smallest absolute Gasteiger partial charge is 0 e. The Morgan fingerprint density at radius 3 is 2.61 bits per heavy atom. The number of aryl methyl sites for hydroxylation is 1. The van der Waals surface area contributed by atoms with Gasteiger partial charge in [-0.2, -0.15) is 17.2 Å². The fourth-order valence-corrected chi connectivity index (χ4v) is 2.50. The zero-order chi connectivity index (χ0) is 11.7. The maximum absolute atomic E-state index is 2.30. The molecular weight excluding hydrogens is 252 g/mol. The van der Waals surface area contributed by atoms with Crippen molar-refractivity contribution in [2.75, 3.05) is 0 Å². The number of hydrogen-bond donors (Lipinski definition) is 0. The van der Waals surface area contributed by atoms with Gasteiger partial charge in [0.25, 0.3) is 0 Å². The van der Waals surface area contributed by atoms with Gasteiger partial charge in [-0.1, -0.05) is 49.4 Å². The van der Waals surface area contributed by atoms with Crippen molar-refractivity contribution in [1.29, 1.82) is 0 Å². The molecule has 0 saturated heterocycles. The summed E-state index contributed by atoms with van der Waals surface area (Å²) in [6.07, 6.45) is 8.74. The molecule has 18 heavy (non-hydrogen) atoms. The normalized spacial score (nSPS) is 16.8. The summed E-state index contributed by atoms with van der Waals surface area (Å²) in [7, 11) is 0. The standard InChI is InChI=1S/C17H15.Ti/c1-13-11-15-9-5-6-10-16(17(15)12-13)14-7-3-2-4-8-14;/h2-12,16H,1H3;/q-1;. The molecule has 0 aliphatic heterocycles. The first kappa shape index (κ1) is 13.2. The molecule has 0 heterocycles. The third-order valence-corrected chi connectivity index (χ3v) is 3.28. The van der Waals surface area contributed by atoms with Crippen LogP contribution in [0, 0.1) is 6.92 Å². The Kier molecular flexibility index (Phi) is 4.11. The molecule has 1 aliphatic rings. The quantitative estimate of drug-likeness (QED) is 0.529. The maximum atomic E-state index is 2.30. The summed E-state index contributed by atoms with van der Waals surface area (Å²) < 4.78 is 0. The average molecular weight is 267 g/mol. The molecule has 0 saturated carbocycles. The topological polar surface area (TPSA) is 0 Å². The molecule has 1 atom stereocenters. The predicted octanol–water partition coefficient (Wildman–Crippen LogP) is 4.43. The molecule has 88 valence electrons. The summed E-state index contributed by atoms with van der Waals surface area (Å²) in [5, 5.41) is 0. The largest absolute Gasteiger partial charge is 0.168 e. The summed E-state index contributed by atoms with van der Waals surface area (Å²) in [6.45, 7) is 2.16. The van der Waals surface area contributed by atoms with E-state index in [2.05, 4.69) is 73.7 Å². The van der Waals surface area contributed by atoms with E-state index in [1.807, 2.05) is 0 Å². The Labute approximate surface area is 123 Å². The Hall–Kier alpha value is -1.24. The summed E-state index contributed by atoms with van der Waals surface area (Å²) in [5.41, 5.74) is 5.47. The number of benzene rings is 1. The van der Waals surface area contributed by atoms with Crippen LogP contribution in [0.2, 0.25) is 0 Å². The van der Waals surface area contributed by atoms with E-state index in [0.717, 1.165) is 0 Å².